The summed E-state index contributed by atoms with van der Waals surface area (Å²) in [7, 11) is 0. The van der Waals surface area contributed by atoms with Gasteiger partial charge in [0.2, 0.25) is 5.91 Å². The maximum atomic E-state index is 12.9. The van der Waals surface area contributed by atoms with E-state index in [1.54, 1.807) is 36.0 Å². The Labute approximate surface area is 184 Å². The number of thioether (sulfide) groups is 1. The number of hydrogen-bond acceptors (Lipinski definition) is 6. The van der Waals surface area contributed by atoms with Gasteiger partial charge in [0.05, 0.1) is 11.0 Å². The largest absolute Gasteiger partial charge is 0.484 e. The van der Waals surface area contributed by atoms with Crippen molar-refractivity contribution in [1.82, 2.24) is 10.2 Å². The van der Waals surface area contributed by atoms with Crippen molar-refractivity contribution in [2.45, 2.75) is 42.5 Å². The number of nitro groups is 1. The van der Waals surface area contributed by atoms with Crippen LogP contribution in [0.5, 0.6) is 5.75 Å². The first-order valence-corrected chi connectivity index (χ1v) is 10.8. The molecular formula is C22H23N3O5S. The number of amides is 2. The molecule has 0 saturated carbocycles. The lowest BCUT2D eigenvalue weighted by atomic mass is 9.90. The van der Waals surface area contributed by atoms with Crippen LogP contribution in [0, 0.1) is 10.1 Å². The van der Waals surface area contributed by atoms with Gasteiger partial charge < -0.3 is 15.0 Å². The maximum absolute atomic E-state index is 12.9. The van der Waals surface area contributed by atoms with Crippen LogP contribution in [0.25, 0.3) is 0 Å². The van der Waals surface area contributed by atoms with E-state index in [2.05, 4.69) is 19.2 Å². The fraction of sp³-hybridized carbons (Fsp3) is 0.364. The van der Waals surface area contributed by atoms with Crippen molar-refractivity contribution in [3.8, 4) is 5.75 Å². The first-order chi connectivity index (χ1) is 14.8. The Bertz CT molecular complexity index is 996. The summed E-state index contributed by atoms with van der Waals surface area (Å²) in [6.45, 7) is 4.01. The van der Waals surface area contributed by atoms with Crippen molar-refractivity contribution in [3.05, 3.63) is 70.3 Å². The summed E-state index contributed by atoms with van der Waals surface area (Å²) in [4.78, 5) is 37.4. The Morgan fingerprint density at radius 3 is 2.52 bits per heavy atom. The highest BCUT2D eigenvalue weighted by molar-refractivity contribution is 8.01. The van der Waals surface area contributed by atoms with Crippen molar-refractivity contribution in [1.29, 1.82) is 0 Å². The normalized spacial score (nSPS) is 23.6. The summed E-state index contributed by atoms with van der Waals surface area (Å²) in [6.07, 6.45) is 0.595. The van der Waals surface area contributed by atoms with E-state index in [1.807, 2.05) is 23.1 Å². The number of fused-ring (bicyclic) bond motifs is 1. The first-order valence-electron chi connectivity index (χ1n) is 9.97. The molecule has 0 radical (unpaired) electrons. The van der Waals surface area contributed by atoms with E-state index < -0.39 is 11.0 Å². The van der Waals surface area contributed by atoms with Gasteiger partial charge in [-0.25, -0.2) is 0 Å². The van der Waals surface area contributed by atoms with Gasteiger partial charge in [-0.15, -0.1) is 11.8 Å². The molecule has 2 aliphatic heterocycles. The minimum Gasteiger partial charge on any atom is -0.484 e. The number of nitrogens with one attached hydrogen (secondary N) is 1. The van der Waals surface area contributed by atoms with Gasteiger partial charge >= 0.3 is 0 Å². The number of non-ortho nitro benzene ring substituents is 1. The lowest BCUT2D eigenvalue weighted by Crippen LogP contribution is -2.70. The third-order valence-electron chi connectivity index (χ3n) is 5.65. The molecule has 31 heavy (non-hydrogen) atoms. The minimum atomic E-state index is -0.571. The van der Waals surface area contributed by atoms with Crippen molar-refractivity contribution < 1.29 is 19.2 Å². The zero-order valence-corrected chi connectivity index (χ0v) is 18.0. The number of benzene rings is 2. The molecule has 9 heteroatoms. The molecular weight excluding hydrogens is 418 g/mol. The van der Waals surface area contributed by atoms with E-state index in [0.29, 0.717) is 12.2 Å². The highest BCUT2D eigenvalue weighted by atomic mass is 32.2. The van der Waals surface area contributed by atoms with Crippen LogP contribution in [-0.4, -0.2) is 50.4 Å². The average Bonchev–Trinajstić information content (AvgIpc) is 2.99. The molecule has 0 bridgehead atoms. The number of rotatable bonds is 7. The summed E-state index contributed by atoms with van der Waals surface area (Å²) < 4.78 is 5.24. The molecule has 162 valence electrons. The molecule has 0 aromatic heterocycles. The van der Waals surface area contributed by atoms with Crippen LogP contribution < -0.4 is 10.1 Å². The van der Waals surface area contributed by atoms with Gasteiger partial charge in [0.1, 0.15) is 17.2 Å². The molecule has 2 unspecified atom stereocenters. The average molecular weight is 442 g/mol. The second-order valence-electron chi connectivity index (χ2n) is 8.15. The third kappa shape index (κ3) is 4.23. The van der Waals surface area contributed by atoms with Crippen LogP contribution in [0.3, 0.4) is 0 Å². The molecule has 2 amide bonds. The number of para-hydroxylation sites is 1. The molecule has 2 heterocycles. The number of hydrogen-bond donors (Lipinski definition) is 1. The van der Waals surface area contributed by atoms with Crippen molar-refractivity contribution in [2.24, 2.45) is 0 Å². The van der Waals surface area contributed by atoms with Gasteiger partial charge in [-0.2, -0.15) is 0 Å². The quantitative estimate of drug-likeness (QED) is 0.403. The van der Waals surface area contributed by atoms with Gasteiger partial charge in [0.15, 0.2) is 6.61 Å². The summed E-state index contributed by atoms with van der Waals surface area (Å²) in [5, 5.41) is 13.5. The van der Waals surface area contributed by atoms with Crippen LogP contribution in [0.1, 0.15) is 19.4 Å². The van der Waals surface area contributed by atoms with E-state index in [-0.39, 0.29) is 40.3 Å². The Morgan fingerprint density at radius 2 is 1.87 bits per heavy atom. The third-order valence-corrected chi connectivity index (χ3v) is 7.27. The standard InChI is InChI=1S/C22H23N3O5S/c1-22(2)17(12-14-8-10-15(11-9-14)25(28)29)24-20(27)19(21(24)31-22)23-18(26)13-30-16-6-4-3-5-7-16/h3-11,17,19,21H,12-13H2,1-2H3,(H,23,26)/t17?,19?,21-/m1/s1. The Morgan fingerprint density at radius 1 is 1.19 bits per heavy atom. The summed E-state index contributed by atoms with van der Waals surface area (Å²) in [5.41, 5.74) is 0.976. The molecule has 2 fully saturated rings. The van der Waals surface area contributed by atoms with E-state index in [4.69, 9.17) is 4.74 Å². The number of nitro benzene ring substituents is 1. The van der Waals surface area contributed by atoms with Crippen LogP contribution in [0.2, 0.25) is 0 Å². The highest BCUT2D eigenvalue weighted by Crippen LogP contribution is 2.51. The predicted octanol–water partition coefficient (Wildman–Crippen LogP) is 2.76. The molecule has 0 spiro atoms. The minimum absolute atomic E-state index is 0.0437. The van der Waals surface area contributed by atoms with E-state index in [1.165, 1.54) is 12.1 Å². The fourth-order valence-electron chi connectivity index (χ4n) is 4.00. The van der Waals surface area contributed by atoms with Crippen molar-refractivity contribution in [3.63, 3.8) is 0 Å². The lowest BCUT2D eigenvalue weighted by Gasteiger charge is -2.45. The molecule has 2 saturated heterocycles. The fourth-order valence-corrected chi connectivity index (χ4v) is 5.66. The Balaban J connectivity index is 1.38. The number of carbonyl (C=O) groups excluding carboxylic acids is 2. The van der Waals surface area contributed by atoms with Gasteiger partial charge in [0, 0.05) is 16.9 Å². The Kier molecular flexibility index (Phi) is 5.62. The maximum Gasteiger partial charge on any atom is 0.269 e. The van der Waals surface area contributed by atoms with Crippen LogP contribution in [0.4, 0.5) is 5.69 Å². The molecule has 3 atom stereocenters. The van der Waals surface area contributed by atoms with E-state index >= 15 is 0 Å². The monoisotopic (exact) mass is 441 g/mol. The molecule has 8 nitrogen and oxygen atoms in total. The lowest BCUT2D eigenvalue weighted by molar-refractivity contribution is -0.384. The molecule has 2 aliphatic rings. The summed E-state index contributed by atoms with van der Waals surface area (Å²) in [6, 6.07) is 14.8. The van der Waals surface area contributed by atoms with Crippen LogP contribution >= 0.6 is 11.8 Å². The molecule has 2 aromatic rings. The zero-order valence-electron chi connectivity index (χ0n) is 17.2. The van der Waals surface area contributed by atoms with Gasteiger partial charge in [-0.05, 0) is 38.0 Å². The molecule has 2 aromatic carbocycles. The smallest absolute Gasteiger partial charge is 0.269 e. The van der Waals surface area contributed by atoms with E-state index in [0.717, 1.165) is 5.56 Å². The summed E-state index contributed by atoms with van der Waals surface area (Å²) >= 11 is 1.66. The summed E-state index contributed by atoms with van der Waals surface area (Å²) in [5.74, 6) is 0.154. The highest BCUT2D eigenvalue weighted by Gasteiger charge is 2.61. The van der Waals surface area contributed by atoms with Crippen molar-refractivity contribution in [2.75, 3.05) is 6.61 Å². The van der Waals surface area contributed by atoms with Gasteiger partial charge in [-0.1, -0.05) is 30.3 Å². The van der Waals surface area contributed by atoms with Crippen LogP contribution in [-0.2, 0) is 16.0 Å². The predicted molar refractivity (Wildman–Crippen MR) is 117 cm³/mol. The topological polar surface area (TPSA) is 102 Å². The Hall–Kier alpha value is -3.07. The zero-order chi connectivity index (χ0) is 22.2. The SMILES string of the molecule is CC1(C)S[C@@H]2C(NC(=O)COc3ccccc3)C(=O)N2C1Cc1ccc([N+](=O)[O-])cc1. The number of carbonyl (C=O) groups is 2. The first kappa shape index (κ1) is 21.2. The second kappa shape index (κ2) is 8.22. The number of nitrogens with zero attached hydrogens (tertiary/aromatic N) is 2. The van der Waals surface area contributed by atoms with E-state index in [9.17, 15) is 19.7 Å². The van der Waals surface area contributed by atoms with Gasteiger partial charge in [0.25, 0.3) is 11.6 Å². The number of ether oxygens (including phenoxy) is 1. The molecule has 4 rings (SSSR count). The van der Waals surface area contributed by atoms with Crippen molar-refractivity contribution >= 4 is 29.3 Å². The number of β-lactam (4-membered cyclic amide) rings is 1. The van der Waals surface area contributed by atoms with Gasteiger partial charge in [-0.3, -0.25) is 19.7 Å². The molecule has 1 N–H and O–H groups in total. The second-order valence-corrected chi connectivity index (χ2v) is 9.92. The molecule has 0 aliphatic carbocycles. The van der Waals surface area contributed by atoms with Crippen LogP contribution in [0.15, 0.2) is 54.6 Å².